The monoisotopic (exact) mass is 809 g/mol. The van der Waals surface area contributed by atoms with E-state index in [1.54, 1.807) is 0 Å². The van der Waals surface area contributed by atoms with E-state index in [9.17, 15) is 133 Å². The van der Waals surface area contributed by atoms with Gasteiger partial charge in [0.15, 0.2) is 11.6 Å². The Bertz CT molecular complexity index is 1500. The Hall–Kier alpha value is -3.47. The first-order valence-corrected chi connectivity index (χ1v) is 10.7. The number of carbonyl (C=O) groups is 1. The first-order chi connectivity index (χ1) is 21.3. The Morgan fingerprint density at radius 1 is 0.400 bits per heavy atom. The van der Waals surface area contributed by atoms with Gasteiger partial charge in [-0.05, 0) is 5.75 Å². The highest BCUT2D eigenvalue weighted by Gasteiger charge is 2.99. The summed E-state index contributed by atoms with van der Waals surface area (Å²) >= 11 is 0. The Labute approximate surface area is 251 Å². The minimum atomic E-state index is -9.92. The van der Waals surface area contributed by atoms with Gasteiger partial charge in [0.1, 0.15) is 11.4 Å². The lowest BCUT2D eigenvalue weighted by atomic mass is 9.83. The summed E-state index contributed by atoms with van der Waals surface area (Å²) in [5.74, 6) is -123. The number of benzene rings is 1. The van der Waals surface area contributed by atoms with Crippen LogP contribution in [0.5, 0.6) is 5.75 Å². The molecule has 0 aromatic heterocycles. The zero-order valence-corrected chi connectivity index (χ0v) is 21.3. The third-order valence-electron chi connectivity index (χ3n) is 6.11. The quantitative estimate of drug-likeness (QED) is 0.170. The summed E-state index contributed by atoms with van der Waals surface area (Å²) in [5, 5.41) is 19.6. The summed E-state index contributed by atoms with van der Waals surface area (Å²) in [6, 6.07) is 0. The summed E-state index contributed by atoms with van der Waals surface area (Å²) in [6.45, 7) is 0. The Kier molecular flexibility index (Phi) is 10.0. The molecule has 1 aromatic carbocycles. The lowest BCUT2D eigenvalue weighted by molar-refractivity contribution is -0.482. The van der Waals surface area contributed by atoms with Gasteiger partial charge in [-0.1, -0.05) is 0 Å². The molecule has 0 unspecified atom stereocenters. The fourth-order valence-corrected chi connectivity index (χ4v) is 3.24. The number of rotatable bonds is 12. The molecule has 0 spiro atoms. The molecule has 0 atom stereocenters. The van der Waals surface area contributed by atoms with Crippen molar-refractivity contribution < 1.29 is 138 Å². The Morgan fingerprint density at radius 2 is 0.640 bits per heavy atom. The zero-order valence-electron chi connectivity index (χ0n) is 21.3. The lowest BCUT2D eigenvalue weighted by Gasteiger charge is -2.45. The third-order valence-corrected chi connectivity index (χ3v) is 6.11. The van der Waals surface area contributed by atoms with Crippen molar-refractivity contribution in [2.45, 2.75) is 71.3 Å². The summed E-state index contributed by atoms with van der Waals surface area (Å²) in [4.78, 5) is 10.9. The fourth-order valence-electron chi connectivity index (χ4n) is 3.24. The van der Waals surface area contributed by atoms with E-state index >= 15 is 0 Å². The number of halogens is 28. The number of alkyl halides is 25. The molecule has 292 valence electrons. The van der Waals surface area contributed by atoms with Crippen molar-refractivity contribution in [3.05, 3.63) is 28.6 Å². The maximum Gasteiger partial charge on any atom is 0.460 e. The minimum Gasteiger partial charge on any atom is -0.868 e. The molecule has 3 nitrogen and oxygen atoms in total. The SMILES string of the molecule is O=C(O)c1c(F)c(F)c([O-])c(F)c1C(F)(F)C(F)(F)C(F)(F)C(F)(F)C(F)(F)C(F)(F)C(F)(F)C(F)(F)C(F)(F)C(F)(F)C(F)(F)C(F)(F)F. The third kappa shape index (κ3) is 5.03. The van der Waals surface area contributed by atoms with Gasteiger partial charge in [-0.3, -0.25) is 0 Å². The van der Waals surface area contributed by atoms with Crippen LogP contribution in [0.4, 0.5) is 123 Å². The number of hydrogen-bond donors (Lipinski definition) is 1. The minimum absolute atomic E-state index is 3.52. The molecule has 0 bridgehead atoms. The topological polar surface area (TPSA) is 60.4 Å². The maximum atomic E-state index is 14.4. The van der Waals surface area contributed by atoms with Gasteiger partial charge in [0.2, 0.25) is 0 Å². The van der Waals surface area contributed by atoms with E-state index in [0.29, 0.717) is 0 Å². The number of aromatic carboxylic acids is 1. The standard InChI is InChI=1S/C19H2F28O3/c20-3-1(7(49)50)2(4(21)6(48)5(3)22)8(23,24)9(25,26)10(27,28)11(29,30)12(31,32)13(33,34)14(35,36)15(37,38)16(39,40)17(41,42)18(43,44)19(45,46)47/h48H,(H,49,50)/p-1. The van der Waals surface area contributed by atoms with E-state index in [1.807, 2.05) is 0 Å². The van der Waals surface area contributed by atoms with Gasteiger partial charge < -0.3 is 10.2 Å². The van der Waals surface area contributed by atoms with Crippen molar-refractivity contribution >= 4 is 5.97 Å². The fraction of sp³-hybridized carbons (Fsp3) is 0.632. The predicted octanol–water partition coefficient (Wildman–Crippen LogP) is 8.88. The second-order valence-electron chi connectivity index (χ2n) is 9.14. The van der Waals surface area contributed by atoms with E-state index in [4.69, 9.17) is 5.11 Å². The van der Waals surface area contributed by atoms with E-state index in [2.05, 4.69) is 0 Å². The maximum absolute atomic E-state index is 14.4. The van der Waals surface area contributed by atoms with Crippen molar-refractivity contribution in [2.75, 3.05) is 0 Å². The van der Waals surface area contributed by atoms with Gasteiger partial charge in [0, 0.05) is 0 Å². The van der Waals surface area contributed by atoms with Crippen molar-refractivity contribution in [3.8, 4) is 5.75 Å². The van der Waals surface area contributed by atoms with Crippen LogP contribution in [0, 0.1) is 17.5 Å². The van der Waals surface area contributed by atoms with E-state index < -0.39 is 112 Å². The molecule has 0 aliphatic carbocycles. The van der Waals surface area contributed by atoms with Gasteiger partial charge in [-0.2, -0.15) is 110 Å². The molecule has 0 radical (unpaired) electrons. The molecule has 0 aliphatic rings. The highest BCUT2D eigenvalue weighted by molar-refractivity contribution is 5.90. The van der Waals surface area contributed by atoms with E-state index in [-0.39, 0.29) is 0 Å². The lowest BCUT2D eigenvalue weighted by Crippen LogP contribution is -2.78. The van der Waals surface area contributed by atoms with Crippen LogP contribution in [0.2, 0.25) is 0 Å². The number of carboxylic acid groups (broad SMARTS) is 1. The van der Waals surface area contributed by atoms with Crippen LogP contribution in [0.3, 0.4) is 0 Å². The highest BCUT2D eigenvalue weighted by Crippen LogP contribution is 2.68. The molecule has 1 N–H and O–H groups in total. The predicted molar refractivity (Wildman–Crippen MR) is 92.1 cm³/mol. The second kappa shape index (κ2) is 11.3. The normalized spacial score (nSPS) is 15.8. The average Bonchev–Trinajstić information content (AvgIpc) is 2.91. The number of carboxylic acids is 1. The van der Waals surface area contributed by atoms with Crippen molar-refractivity contribution in [3.63, 3.8) is 0 Å². The van der Waals surface area contributed by atoms with Crippen LogP contribution in [-0.4, -0.2) is 76.5 Å². The highest BCUT2D eigenvalue weighted by atomic mass is 19.4. The van der Waals surface area contributed by atoms with Crippen LogP contribution in [0.1, 0.15) is 15.9 Å². The molecule has 1 aromatic rings. The number of hydrogen-bond acceptors (Lipinski definition) is 2. The molecule has 1 rings (SSSR count). The van der Waals surface area contributed by atoms with Crippen LogP contribution in [0.15, 0.2) is 0 Å². The average molecular weight is 809 g/mol. The second-order valence-corrected chi connectivity index (χ2v) is 9.14. The van der Waals surface area contributed by atoms with Crippen molar-refractivity contribution in [1.29, 1.82) is 0 Å². The Morgan fingerprint density at radius 3 is 0.880 bits per heavy atom. The zero-order chi connectivity index (χ0) is 41.0. The van der Waals surface area contributed by atoms with E-state index in [0.717, 1.165) is 0 Å². The van der Waals surface area contributed by atoms with E-state index in [1.165, 1.54) is 0 Å². The van der Waals surface area contributed by atoms with Crippen molar-refractivity contribution in [1.82, 2.24) is 0 Å². The summed E-state index contributed by atoms with van der Waals surface area (Å²) < 4.78 is 380. The largest absolute Gasteiger partial charge is 0.868 e. The molecule has 0 aliphatic heterocycles. The molecule has 31 heteroatoms. The molecule has 0 fully saturated rings. The van der Waals surface area contributed by atoms with Crippen LogP contribution < -0.4 is 5.11 Å². The van der Waals surface area contributed by atoms with Crippen LogP contribution in [0.25, 0.3) is 0 Å². The molecular weight excluding hydrogens is 808 g/mol. The first kappa shape index (κ1) is 44.6. The van der Waals surface area contributed by atoms with Gasteiger partial charge in [0.05, 0.1) is 5.56 Å². The molecule has 50 heavy (non-hydrogen) atoms. The van der Waals surface area contributed by atoms with Crippen molar-refractivity contribution in [2.24, 2.45) is 0 Å². The first-order valence-electron chi connectivity index (χ1n) is 10.7. The summed E-state index contributed by atoms with van der Waals surface area (Å²) in [7, 11) is 0. The summed E-state index contributed by atoms with van der Waals surface area (Å²) in [6.07, 6.45) is -8.30. The molecule has 0 saturated heterocycles. The molecule has 0 saturated carbocycles. The molecular formula is C19HF28O3-. The Balaban J connectivity index is 4.15. The molecule has 0 heterocycles. The van der Waals surface area contributed by atoms with Crippen LogP contribution in [-0.2, 0) is 5.92 Å². The van der Waals surface area contributed by atoms with Gasteiger partial charge in [-0.25, -0.2) is 18.0 Å². The summed E-state index contributed by atoms with van der Waals surface area (Å²) in [5.41, 5.74) is -8.33. The van der Waals surface area contributed by atoms with Gasteiger partial charge >= 0.3 is 77.3 Å². The van der Waals surface area contributed by atoms with Gasteiger partial charge in [0.25, 0.3) is 0 Å². The van der Waals surface area contributed by atoms with Crippen LogP contribution >= 0.6 is 0 Å². The van der Waals surface area contributed by atoms with Gasteiger partial charge in [-0.15, -0.1) is 0 Å². The smallest absolute Gasteiger partial charge is 0.460 e. The molecule has 0 amide bonds.